The molecule has 0 saturated carbocycles. The highest BCUT2D eigenvalue weighted by Crippen LogP contribution is 2.49. The second-order valence-electron chi connectivity index (χ2n) is 8.11. The van der Waals surface area contributed by atoms with E-state index in [2.05, 4.69) is 6.92 Å². The number of hydrogen-bond acceptors (Lipinski definition) is 6. The number of hydrogen-bond donors (Lipinski definition) is 1. The highest BCUT2D eigenvalue weighted by Gasteiger charge is 2.53. The number of nitrogens with two attached hydrogens (primary N) is 1. The number of esters is 1. The molecule has 0 bridgehead atoms. The standard InChI is InChI=1S/C20H27FN2O3S/c1-5-16-14-10-27-17(9-18(24)26-19(2,3)4)23-20(14,11-25-16)13-8-12(22)6-7-15(13)21/h6-8,14,16H,5,9-11,22H2,1-4H3/t14-,16-,20-/m1/s1. The monoisotopic (exact) mass is 394 g/mol. The second-order valence-corrected chi connectivity index (χ2v) is 9.20. The predicted octanol–water partition coefficient (Wildman–Crippen LogP) is 3.91. The van der Waals surface area contributed by atoms with Crippen LogP contribution in [0.1, 0.15) is 46.1 Å². The molecule has 0 spiro atoms. The summed E-state index contributed by atoms with van der Waals surface area (Å²) in [6, 6.07) is 4.56. The van der Waals surface area contributed by atoms with E-state index in [1.165, 1.54) is 17.8 Å². The minimum atomic E-state index is -0.845. The number of aliphatic imine (C=N–C) groups is 1. The van der Waals surface area contributed by atoms with Crippen LogP contribution in [0.5, 0.6) is 0 Å². The first-order valence-corrected chi connectivity index (χ1v) is 10.2. The van der Waals surface area contributed by atoms with E-state index in [1.807, 2.05) is 20.8 Å². The summed E-state index contributed by atoms with van der Waals surface area (Å²) in [5, 5.41) is 0.655. The molecule has 2 N–H and O–H groups in total. The minimum absolute atomic E-state index is 0.00478. The van der Waals surface area contributed by atoms with Crippen molar-refractivity contribution in [2.45, 2.75) is 57.8 Å². The number of ether oxygens (including phenoxy) is 2. The van der Waals surface area contributed by atoms with Crippen LogP contribution in [0, 0.1) is 11.7 Å². The van der Waals surface area contributed by atoms with E-state index in [4.69, 9.17) is 20.2 Å². The van der Waals surface area contributed by atoms with Gasteiger partial charge < -0.3 is 15.2 Å². The molecular weight excluding hydrogens is 367 g/mol. The molecule has 148 valence electrons. The summed E-state index contributed by atoms with van der Waals surface area (Å²) < 4.78 is 26.2. The first-order valence-electron chi connectivity index (χ1n) is 9.25. The Morgan fingerprint density at radius 1 is 1.48 bits per heavy atom. The average Bonchev–Trinajstić information content (AvgIpc) is 2.94. The fraction of sp³-hybridized carbons (Fsp3) is 0.600. The molecule has 0 unspecified atom stereocenters. The molecule has 1 aromatic carbocycles. The van der Waals surface area contributed by atoms with Crippen molar-refractivity contribution in [2.24, 2.45) is 10.9 Å². The lowest BCUT2D eigenvalue weighted by atomic mass is 9.78. The van der Waals surface area contributed by atoms with E-state index in [-0.39, 0.29) is 36.8 Å². The molecule has 1 aromatic rings. The molecule has 0 aliphatic carbocycles. The van der Waals surface area contributed by atoms with E-state index in [1.54, 1.807) is 12.1 Å². The number of fused-ring (bicyclic) bond motifs is 1. The Labute approximate surface area is 163 Å². The molecule has 3 atom stereocenters. The molecule has 2 heterocycles. The number of carbonyl (C=O) groups is 1. The second kappa shape index (κ2) is 7.43. The summed E-state index contributed by atoms with van der Waals surface area (Å²) in [4.78, 5) is 17.1. The number of nitrogen functional groups attached to an aromatic ring is 1. The fourth-order valence-corrected chi connectivity index (χ4v) is 5.08. The molecule has 1 saturated heterocycles. The first kappa shape index (κ1) is 20.1. The van der Waals surface area contributed by atoms with Gasteiger partial charge in [0.1, 0.15) is 17.0 Å². The number of rotatable bonds is 4. The van der Waals surface area contributed by atoms with Crippen molar-refractivity contribution in [3.05, 3.63) is 29.6 Å². The Balaban J connectivity index is 1.98. The van der Waals surface area contributed by atoms with E-state index in [0.29, 0.717) is 22.0 Å². The largest absolute Gasteiger partial charge is 0.460 e. The zero-order chi connectivity index (χ0) is 19.8. The number of halogens is 1. The molecule has 7 heteroatoms. The van der Waals surface area contributed by atoms with Gasteiger partial charge in [-0.3, -0.25) is 9.79 Å². The fourth-order valence-electron chi connectivity index (χ4n) is 3.77. The minimum Gasteiger partial charge on any atom is -0.460 e. The molecule has 2 aliphatic heterocycles. The Kier molecular flexibility index (Phi) is 5.54. The van der Waals surface area contributed by atoms with Crippen molar-refractivity contribution in [1.29, 1.82) is 0 Å². The van der Waals surface area contributed by atoms with Gasteiger partial charge in [-0.25, -0.2) is 4.39 Å². The number of thioether (sulfide) groups is 1. The zero-order valence-electron chi connectivity index (χ0n) is 16.3. The van der Waals surface area contributed by atoms with Gasteiger partial charge in [-0.15, -0.1) is 11.8 Å². The molecule has 5 nitrogen and oxygen atoms in total. The van der Waals surface area contributed by atoms with Crippen molar-refractivity contribution in [3.63, 3.8) is 0 Å². The van der Waals surface area contributed by atoms with Gasteiger partial charge in [0.05, 0.1) is 24.2 Å². The van der Waals surface area contributed by atoms with Crippen LogP contribution < -0.4 is 5.73 Å². The summed E-state index contributed by atoms with van der Waals surface area (Å²) in [5.41, 5.74) is 5.47. The van der Waals surface area contributed by atoms with Crippen molar-refractivity contribution in [2.75, 3.05) is 18.1 Å². The SMILES string of the molecule is CC[C@H]1OC[C@]2(c3cc(N)ccc3F)N=C(CC(=O)OC(C)(C)C)SC[C@H]12. The van der Waals surface area contributed by atoms with Gasteiger partial charge in [-0.05, 0) is 45.4 Å². The molecule has 2 aliphatic rings. The summed E-state index contributed by atoms with van der Waals surface area (Å²) in [6.45, 7) is 7.83. The lowest BCUT2D eigenvalue weighted by Gasteiger charge is -2.36. The highest BCUT2D eigenvalue weighted by atomic mass is 32.2. The Morgan fingerprint density at radius 3 is 2.89 bits per heavy atom. The lowest BCUT2D eigenvalue weighted by molar-refractivity contribution is -0.153. The third-order valence-corrected chi connectivity index (χ3v) is 6.00. The van der Waals surface area contributed by atoms with Gasteiger partial charge in [-0.2, -0.15) is 0 Å². The van der Waals surface area contributed by atoms with Crippen LogP contribution in [0.15, 0.2) is 23.2 Å². The molecule has 27 heavy (non-hydrogen) atoms. The maximum atomic E-state index is 14.8. The lowest BCUT2D eigenvalue weighted by Crippen LogP contribution is -2.41. The van der Waals surface area contributed by atoms with Crippen molar-refractivity contribution < 1.29 is 18.7 Å². The third-order valence-electron chi connectivity index (χ3n) is 4.91. The Morgan fingerprint density at radius 2 is 2.22 bits per heavy atom. The Hall–Kier alpha value is -1.60. The Bertz CT molecular complexity index is 762. The van der Waals surface area contributed by atoms with Gasteiger partial charge in [0.25, 0.3) is 0 Å². The maximum absolute atomic E-state index is 14.8. The van der Waals surface area contributed by atoms with Crippen LogP contribution >= 0.6 is 11.8 Å². The zero-order valence-corrected chi connectivity index (χ0v) is 17.1. The van der Waals surface area contributed by atoms with Crippen molar-refractivity contribution >= 4 is 28.5 Å². The number of carbonyl (C=O) groups excluding carboxylic acids is 1. The van der Waals surface area contributed by atoms with E-state index >= 15 is 0 Å². The predicted molar refractivity (Wildman–Crippen MR) is 106 cm³/mol. The quantitative estimate of drug-likeness (QED) is 0.619. The average molecular weight is 395 g/mol. The van der Waals surface area contributed by atoms with Gasteiger partial charge in [0.2, 0.25) is 0 Å². The van der Waals surface area contributed by atoms with Gasteiger partial charge in [0.15, 0.2) is 0 Å². The van der Waals surface area contributed by atoms with Crippen LogP contribution in [0.4, 0.5) is 10.1 Å². The highest BCUT2D eigenvalue weighted by molar-refractivity contribution is 8.14. The van der Waals surface area contributed by atoms with Crippen LogP contribution in [-0.4, -0.2) is 35.1 Å². The third kappa shape index (κ3) is 4.14. The number of benzene rings is 1. The summed E-state index contributed by atoms with van der Waals surface area (Å²) in [7, 11) is 0. The van der Waals surface area contributed by atoms with Gasteiger partial charge in [0, 0.05) is 22.9 Å². The normalized spacial score (nSPS) is 27.8. The smallest absolute Gasteiger partial charge is 0.312 e. The number of anilines is 1. The van der Waals surface area contributed by atoms with Crippen LogP contribution in [0.3, 0.4) is 0 Å². The number of nitrogens with zero attached hydrogens (tertiary/aromatic N) is 1. The molecule has 1 fully saturated rings. The van der Waals surface area contributed by atoms with Crippen LogP contribution in [0.2, 0.25) is 0 Å². The van der Waals surface area contributed by atoms with E-state index in [9.17, 15) is 9.18 Å². The van der Waals surface area contributed by atoms with E-state index in [0.717, 1.165) is 6.42 Å². The first-order chi connectivity index (χ1) is 12.6. The van der Waals surface area contributed by atoms with E-state index < -0.39 is 11.1 Å². The topological polar surface area (TPSA) is 73.9 Å². The van der Waals surface area contributed by atoms with Crippen LogP contribution in [-0.2, 0) is 19.8 Å². The molecule has 0 aromatic heterocycles. The van der Waals surface area contributed by atoms with Gasteiger partial charge >= 0.3 is 5.97 Å². The maximum Gasteiger partial charge on any atom is 0.312 e. The summed E-state index contributed by atoms with van der Waals surface area (Å²) in [6.07, 6.45) is 0.912. The van der Waals surface area contributed by atoms with Crippen molar-refractivity contribution in [1.82, 2.24) is 0 Å². The van der Waals surface area contributed by atoms with Crippen LogP contribution in [0.25, 0.3) is 0 Å². The summed E-state index contributed by atoms with van der Waals surface area (Å²) in [5.74, 6) is 0.0725. The van der Waals surface area contributed by atoms with Crippen molar-refractivity contribution in [3.8, 4) is 0 Å². The molecular formula is C20H27FN2O3S. The van der Waals surface area contributed by atoms with Gasteiger partial charge in [-0.1, -0.05) is 6.92 Å². The molecule has 0 radical (unpaired) electrons. The summed E-state index contributed by atoms with van der Waals surface area (Å²) >= 11 is 1.53. The molecule has 0 amide bonds. The molecule has 3 rings (SSSR count).